The first-order valence-electron chi connectivity index (χ1n) is 23.0. The lowest BCUT2D eigenvalue weighted by molar-refractivity contribution is -0.123. The van der Waals surface area contributed by atoms with Crippen LogP contribution in [0.15, 0.2) is 60.8 Å². The van der Waals surface area contributed by atoms with Crippen molar-refractivity contribution in [2.45, 2.75) is 238 Å². The first kappa shape index (κ1) is 51.1. The summed E-state index contributed by atoms with van der Waals surface area (Å²) >= 11 is 0. The maximum Gasteiger partial charge on any atom is 0.220 e. The normalized spacial score (nSPS) is 13.5. The summed E-state index contributed by atoms with van der Waals surface area (Å²) < 4.78 is 0. The van der Waals surface area contributed by atoms with Gasteiger partial charge in [0.05, 0.1) is 18.8 Å². The first-order valence-corrected chi connectivity index (χ1v) is 23.0. The first-order chi connectivity index (χ1) is 26.2. The number of aliphatic hydroxyl groups is 2. The Hall–Kier alpha value is -1.91. The molecule has 2 atom stereocenters. The van der Waals surface area contributed by atoms with E-state index >= 15 is 0 Å². The van der Waals surface area contributed by atoms with E-state index in [1.807, 2.05) is 6.08 Å². The zero-order valence-corrected chi connectivity index (χ0v) is 35.3. The zero-order chi connectivity index (χ0) is 38.6. The number of carbonyl (C=O) groups is 1. The third-order valence-corrected chi connectivity index (χ3v) is 10.3. The monoisotopic (exact) mass is 740 g/mol. The van der Waals surface area contributed by atoms with E-state index in [0.717, 1.165) is 51.4 Å². The van der Waals surface area contributed by atoms with Crippen LogP contribution in [0.1, 0.15) is 226 Å². The second-order valence-electron chi connectivity index (χ2n) is 15.4. The van der Waals surface area contributed by atoms with E-state index in [1.54, 1.807) is 6.08 Å². The van der Waals surface area contributed by atoms with E-state index in [9.17, 15) is 15.0 Å². The summed E-state index contributed by atoms with van der Waals surface area (Å²) in [6.45, 7) is 4.15. The van der Waals surface area contributed by atoms with Gasteiger partial charge in [0, 0.05) is 6.42 Å². The predicted octanol–water partition coefficient (Wildman–Crippen LogP) is 14.5. The Balaban J connectivity index is 3.41. The van der Waals surface area contributed by atoms with Gasteiger partial charge >= 0.3 is 0 Å². The van der Waals surface area contributed by atoms with Gasteiger partial charge in [-0.3, -0.25) is 4.79 Å². The van der Waals surface area contributed by atoms with E-state index in [4.69, 9.17) is 0 Å². The Bertz CT molecular complexity index is 888. The quantitative estimate of drug-likeness (QED) is 0.0432. The van der Waals surface area contributed by atoms with Gasteiger partial charge < -0.3 is 15.5 Å². The fourth-order valence-corrected chi connectivity index (χ4v) is 6.76. The van der Waals surface area contributed by atoms with Crippen molar-refractivity contribution in [3.05, 3.63) is 60.8 Å². The third kappa shape index (κ3) is 41.1. The highest BCUT2D eigenvalue weighted by Gasteiger charge is 2.17. The highest BCUT2D eigenvalue weighted by molar-refractivity contribution is 5.76. The molecule has 0 radical (unpaired) electrons. The van der Waals surface area contributed by atoms with Crippen LogP contribution < -0.4 is 5.32 Å². The van der Waals surface area contributed by atoms with Crippen LogP contribution >= 0.6 is 0 Å². The van der Waals surface area contributed by atoms with Crippen LogP contribution in [0, 0.1) is 0 Å². The number of nitrogens with one attached hydrogen (secondary N) is 1. The molecule has 0 saturated carbocycles. The Kier molecular flexibility index (Phi) is 42.9. The third-order valence-electron chi connectivity index (χ3n) is 10.3. The maximum atomic E-state index is 12.3. The largest absolute Gasteiger partial charge is 0.394 e. The number of carbonyl (C=O) groups excluding carboxylic acids is 1. The molecule has 4 heteroatoms. The fourth-order valence-electron chi connectivity index (χ4n) is 6.76. The van der Waals surface area contributed by atoms with E-state index in [0.29, 0.717) is 6.42 Å². The molecule has 0 heterocycles. The SMILES string of the molecule is CC/C=C\C/C=C\C/C=C\C/C=C\CCCCCCCCCCCCCCCCCCCCCCC(=O)NC(CO)C(O)/C=C/CCCCCCCC. The summed E-state index contributed by atoms with van der Waals surface area (Å²) in [5.41, 5.74) is 0. The number of rotatable bonds is 41. The van der Waals surface area contributed by atoms with Crippen molar-refractivity contribution in [2.24, 2.45) is 0 Å². The Morgan fingerprint density at radius 2 is 0.830 bits per heavy atom. The lowest BCUT2D eigenvalue weighted by Gasteiger charge is -2.20. The summed E-state index contributed by atoms with van der Waals surface area (Å²) in [5, 5.41) is 22.8. The van der Waals surface area contributed by atoms with E-state index in [2.05, 4.69) is 67.8 Å². The second-order valence-corrected chi connectivity index (χ2v) is 15.4. The minimum atomic E-state index is -0.835. The van der Waals surface area contributed by atoms with Crippen molar-refractivity contribution < 1.29 is 15.0 Å². The number of amides is 1. The number of hydrogen-bond acceptors (Lipinski definition) is 3. The maximum absolute atomic E-state index is 12.3. The molecule has 0 bridgehead atoms. The van der Waals surface area contributed by atoms with Gasteiger partial charge in [-0.1, -0.05) is 222 Å². The fraction of sp³-hybridized carbons (Fsp3) is 0.776. The molecular weight excluding hydrogens is 651 g/mol. The topological polar surface area (TPSA) is 69.6 Å². The van der Waals surface area contributed by atoms with Crippen LogP contribution in [0.5, 0.6) is 0 Å². The number of unbranched alkanes of at least 4 members (excludes halogenated alkanes) is 26. The van der Waals surface area contributed by atoms with Gasteiger partial charge in [0.15, 0.2) is 0 Å². The van der Waals surface area contributed by atoms with Crippen molar-refractivity contribution in [1.29, 1.82) is 0 Å². The molecule has 0 aromatic carbocycles. The van der Waals surface area contributed by atoms with Crippen LogP contribution in [-0.4, -0.2) is 34.9 Å². The lowest BCUT2D eigenvalue weighted by atomic mass is 10.0. The molecule has 0 rings (SSSR count). The molecule has 0 aliphatic carbocycles. The molecule has 0 aromatic rings. The standard InChI is InChI=1S/C49H89NO3/c1-3-5-7-9-11-13-14-15-16-17-18-19-20-21-22-23-24-25-26-27-28-29-30-31-32-33-34-35-36-37-39-41-43-45-49(53)50-47(46-51)48(52)44-42-40-38-12-10-8-6-4-2/h5,7,11,13,15-16,18-19,42,44,47-48,51-52H,3-4,6,8-10,12,14,17,20-41,43,45-46H2,1-2H3,(H,50,53)/b7-5-,13-11-,16-15-,19-18-,44-42+. The van der Waals surface area contributed by atoms with E-state index in [1.165, 1.54) is 154 Å². The molecule has 3 N–H and O–H groups in total. The molecule has 0 saturated heterocycles. The molecule has 1 amide bonds. The van der Waals surface area contributed by atoms with Gasteiger partial charge in [0.1, 0.15) is 0 Å². The van der Waals surface area contributed by atoms with Crippen molar-refractivity contribution in [1.82, 2.24) is 5.32 Å². The van der Waals surface area contributed by atoms with Crippen LogP contribution in [0.2, 0.25) is 0 Å². The molecule has 0 aliphatic rings. The average Bonchev–Trinajstić information content (AvgIpc) is 3.16. The molecule has 53 heavy (non-hydrogen) atoms. The van der Waals surface area contributed by atoms with Gasteiger partial charge in [0.2, 0.25) is 5.91 Å². The highest BCUT2D eigenvalue weighted by atomic mass is 16.3. The van der Waals surface area contributed by atoms with Crippen molar-refractivity contribution >= 4 is 5.91 Å². The van der Waals surface area contributed by atoms with Gasteiger partial charge in [-0.05, 0) is 57.8 Å². The molecule has 2 unspecified atom stereocenters. The molecule has 308 valence electrons. The highest BCUT2D eigenvalue weighted by Crippen LogP contribution is 2.16. The van der Waals surface area contributed by atoms with Crippen molar-refractivity contribution in [3.8, 4) is 0 Å². The summed E-state index contributed by atoms with van der Waals surface area (Å²) in [6.07, 6.45) is 62.2. The van der Waals surface area contributed by atoms with E-state index < -0.39 is 12.1 Å². The van der Waals surface area contributed by atoms with E-state index in [-0.39, 0.29) is 12.5 Å². The predicted molar refractivity (Wildman–Crippen MR) is 234 cm³/mol. The minimum absolute atomic E-state index is 0.0668. The molecule has 4 nitrogen and oxygen atoms in total. The second kappa shape index (κ2) is 44.5. The van der Waals surface area contributed by atoms with Crippen molar-refractivity contribution in [2.75, 3.05) is 6.61 Å². The summed E-state index contributed by atoms with van der Waals surface area (Å²) in [7, 11) is 0. The Morgan fingerprint density at radius 1 is 0.472 bits per heavy atom. The Labute approximate surface area is 330 Å². The summed E-state index contributed by atoms with van der Waals surface area (Å²) in [5.74, 6) is -0.0668. The average molecular weight is 740 g/mol. The van der Waals surface area contributed by atoms with Crippen molar-refractivity contribution in [3.63, 3.8) is 0 Å². The molecule has 0 spiro atoms. The van der Waals surface area contributed by atoms with Crippen LogP contribution in [0.4, 0.5) is 0 Å². The summed E-state index contributed by atoms with van der Waals surface area (Å²) in [4.78, 5) is 12.3. The number of allylic oxidation sites excluding steroid dienone is 9. The van der Waals surface area contributed by atoms with Gasteiger partial charge in [-0.15, -0.1) is 0 Å². The molecule has 0 fully saturated rings. The van der Waals surface area contributed by atoms with Crippen LogP contribution in [0.3, 0.4) is 0 Å². The number of hydrogen-bond donors (Lipinski definition) is 3. The molecule has 0 aromatic heterocycles. The van der Waals surface area contributed by atoms with Crippen LogP contribution in [-0.2, 0) is 4.79 Å². The lowest BCUT2D eigenvalue weighted by Crippen LogP contribution is -2.45. The minimum Gasteiger partial charge on any atom is -0.394 e. The Morgan fingerprint density at radius 3 is 1.25 bits per heavy atom. The van der Waals surface area contributed by atoms with Gasteiger partial charge in [-0.25, -0.2) is 0 Å². The molecule has 0 aliphatic heterocycles. The zero-order valence-electron chi connectivity index (χ0n) is 35.3. The van der Waals surface area contributed by atoms with Gasteiger partial charge in [0.25, 0.3) is 0 Å². The smallest absolute Gasteiger partial charge is 0.220 e. The molecular formula is C49H89NO3. The number of aliphatic hydroxyl groups excluding tert-OH is 2. The summed E-state index contributed by atoms with van der Waals surface area (Å²) in [6, 6.07) is -0.619. The van der Waals surface area contributed by atoms with Crippen LogP contribution in [0.25, 0.3) is 0 Å². The van der Waals surface area contributed by atoms with Gasteiger partial charge in [-0.2, -0.15) is 0 Å².